The van der Waals surface area contributed by atoms with E-state index in [9.17, 15) is 9.59 Å². The Kier molecular flexibility index (Phi) is 6.07. The Hall–Kier alpha value is -2.05. The molecule has 2 saturated heterocycles. The van der Waals surface area contributed by atoms with Crippen molar-refractivity contribution < 1.29 is 9.59 Å². The van der Waals surface area contributed by atoms with Crippen LogP contribution >= 0.6 is 12.4 Å². The predicted molar refractivity (Wildman–Crippen MR) is 108 cm³/mol. The summed E-state index contributed by atoms with van der Waals surface area (Å²) in [6, 6.07) is 11.0. The van der Waals surface area contributed by atoms with E-state index in [2.05, 4.69) is 34.3 Å². The standard InChI is InChI=1S/C20H26N4O2.ClH/c1-22(10-11-23-9-8-15-4-2-3-5-18(15)23)20(26)14-24-13-17-7-6-16(21-17)12-19(24)25;/h2-5,8-9,16-17,21H,6-7,10-14H2,1H3;1H/t16-,17+;/m1./s1. The van der Waals surface area contributed by atoms with Crippen molar-refractivity contribution in [2.45, 2.75) is 37.9 Å². The minimum Gasteiger partial charge on any atom is -0.346 e. The number of nitrogens with zero attached hydrogens (tertiary/aromatic N) is 3. The van der Waals surface area contributed by atoms with Crippen LogP contribution in [-0.4, -0.2) is 64.9 Å². The number of hydrogen-bond donors (Lipinski definition) is 1. The third-order valence-corrected chi connectivity index (χ3v) is 5.66. The fourth-order valence-corrected chi connectivity index (χ4v) is 4.07. The first-order chi connectivity index (χ1) is 12.6. The van der Waals surface area contributed by atoms with Crippen LogP contribution in [0, 0.1) is 0 Å². The molecule has 0 unspecified atom stereocenters. The average molecular weight is 391 g/mol. The van der Waals surface area contributed by atoms with Crippen molar-refractivity contribution in [2.24, 2.45) is 0 Å². The van der Waals surface area contributed by atoms with E-state index in [0.29, 0.717) is 31.6 Å². The van der Waals surface area contributed by atoms with E-state index in [4.69, 9.17) is 0 Å². The summed E-state index contributed by atoms with van der Waals surface area (Å²) < 4.78 is 2.17. The summed E-state index contributed by atoms with van der Waals surface area (Å²) in [5.74, 6) is 0.107. The zero-order valence-electron chi connectivity index (χ0n) is 15.6. The third kappa shape index (κ3) is 4.28. The summed E-state index contributed by atoms with van der Waals surface area (Å²) in [6.45, 7) is 2.21. The first kappa shape index (κ1) is 19.7. The lowest BCUT2D eigenvalue weighted by atomic mass is 10.1. The van der Waals surface area contributed by atoms with Gasteiger partial charge in [0.1, 0.15) is 0 Å². The van der Waals surface area contributed by atoms with Crippen molar-refractivity contribution >= 4 is 35.1 Å². The van der Waals surface area contributed by atoms with Gasteiger partial charge in [0.25, 0.3) is 0 Å². The Balaban J connectivity index is 0.00000210. The Morgan fingerprint density at radius 3 is 2.85 bits per heavy atom. The molecule has 0 saturated carbocycles. The molecule has 3 heterocycles. The van der Waals surface area contributed by atoms with Gasteiger partial charge in [0.15, 0.2) is 0 Å². The number of likely N-dealkylation sites (N-methyl/N-ethyl adjacent to an activating group) is 1. The maximum atomic E-state index is 12.6. The smallest absolute Gasteiger partial charge is 0.241 e. The van der Waals surface area contributed by atoms with Gasteiger partial charge in [-0.25, -0.2) is 0 Å². The number of rotatable bonds is 5. The monoisotopic (exact) mass is 390 g/mol. The first-order valence-electron chi connectivity index (χ1n) is 9.42. The van der Waals surface area contributed by atoms with Crippen LogP contribution in [-0.2, 0) is 16.1 Å². The molecule has 146 valence electrons. The third-order valence-electron chi connectivity index (χ3n) is 5.66. The number of amides is 2. The van der Waals surface area contributed by atoms with Crippen LogP contribution in [0.25, 0.3) is 10.9 Å². The molecule has 2 bridgehead atoms. The van der Waals surface area contributed by atoms with Crippen molar-refractivity contribution in [3.05, 3.63) is 36.5 Å². The first-order valence-corrected chi connectivity index (χ1v) is 9.42. The fourth-order valence-electron chi connectivity index (χ4n) is 4.07. The molecule has 4 rings (SSSR count). The fraction of sp³-hybridized carbons (Fsp3) is 0.500. The second kappa shape index (κ2) is 8.31. The molecular weight excluding hydrogens is 364 g/mol. The van der Waals surface area contributed by atoms with E-state index in [1.54, 1.807) is 9.80 Å². The van der Waals surface area contributed by atoms with Crippen molar-refractivity contribution in [1.29, 1.82) is 0 Å². The molecule has 0 spiro atoms. The van der Waals surface area contributed by atoms with E-state index in [0.717, 1.165) is 19.4 Å². The van der Waals surface area contributed by atoms with Gasteiger partial charge in [-0.2, -0.15) is 0 Å². The zero-order chi connectivity index (χ0) is 18.1. The molecule has 1 aromatic heterocycles. The number of nitrogens with one attached hydrogen (secondary N) is 1. The van der Waals surface area contributed by atoms with Crippen LogP contribution in [0.1, 0.15) is 19.3 Å². The number of fused-ring (bicyclic) bond motifs is 3. The molecule has 7 heteroatoms. The number of aromatic nitrogens is 1. The maximum Gasteiger partial charge on any atom is 0.241 e. The van der Waals surface area contributed by atoms with Crippen LogP contribution in [0.5, 0.6) is 0 Å². The molecule has 27 heavy (non-hydrogen) atoms. The van der Waals surface area contributed by atoms with E-state index < -0.39 is 0 Å². The zero-order valence-corrected chi connectivity index (χ0v) is 16.5. The van der Waals surface area contributed by atoms with Crippen molar-refractivity contribution in [1.82, 2.24) is 19.7 Å². The normalized spacial score (nSPS) is 21.8. The summed E-state index contributed by atoms with van der Waals surface area (Å²) in [6.07, 6.45) is 4.74. The predicted octanol–water partition coefficient (Wildman–Crippen LogP) is 1.87. The average Bonchev–Trinajstić information content (AvgIpc) is 3.21. The molecule has 0 aliphatic carbocycles. The summed E-state index contributed by atoms with van der Waals surface area (Å²) in [7, 11) is 1.82. The molecule has 2 amide bonds. The van der Waals surface area contributed by atoms with E-state index in [1.165, 1.54) is 10.9 Å². The van der Waals surface area contributed by atoms with Crippen LogP contribution in [0.3, 0.4) is 0 Å². The largest absolute Gasteiger partial charge is 0.346 e. The molecule has 2 aliphatic rings. The van der Waals surface area contributed by atoms with Crippen molar-refractivity contribution in [2.75, 3.05) is 26.7 Å². The van der Waals surface area contributed by atoms with Gasteiger partial charge in [0, 0.05) is 56.9 Å². The highest BCUT2D eigenvalue weighted by Crippen LogP contribution is 2.21. The van der Waals surface area contributed by atoms with Gasteiger partial charge < -0.3 is 19.7 Å². The van der Waals surface area contributed by atoms with Gasteiger partial charge in [-0.1, -0.05) is 18.2 Å². The summed E-state index contributed by atoms with van der Waals surface area (Å²) in [4.78, 5) is 28.4. The molecule has 2 aliphatic heterocycles. The van der Waals surface area contributed by atoms with Crippen molar-refractivity contribution in [3.63, 3.8) is 0 Å². The van der Waals surface area contributed by atoms with Crippen LogP contribution in [0.2, 0.25) is 0 Å². The van der Waals surface area contributed by atoms with Gasteiger partial charge in [-0.05, 0) is 30.4 Å². The highest BCUT2D eigenvalue weighted by Gasteiger charge is 2.34. The van der Waals surface area contributed by atoms with Crippen LogP contribution in [0.4, 0.5) is 0 Å². The molecule has 0 radical (unpaired) electrons. The lowest BCUT2D eigenvalue weighted by Crippen LogP contribution is -2.45. The van der Waals surface area contributed by atoms with Crippen LogP contribution < -0.4 is 5.32 Å². The molecule has 1 aromatic carbocycles. The number of para-hydroxylation sites is 1. The Labute approximate surface area is 165 Å². The molecule has 6 nitrogen and oxygen atoms in total. The lowest BCUT2D eigenvalue weighted by molar-refractivity contribution is -0.140. The summed E-state index contributed by atoms with van der Waals surface area (Å²) in [5, 5.41) is 4.69. The van der Waals surface area contributed by atoms with E-state index in [1.807, 2.05) is 19.2 Å². The number of hydrogen-bond acceptors (Lipinski definition) is 3. The Morgan fingerprint density at radius 1 is 1.22 bits per heavy atom. The van der Waals surface area contributed by atoms with E-state index >= 15 is 0 Å². The second-order valence-electron chi connectivity index (χ2n) is 7.50. The van der Waals surface area contributed by atoms with Gasteiger partial charge in [-0.3, -0.25) is 9.59 Å². The number of halogens is 1. The second-order valence-corrected chi connectivity index (χ2v) is 7.50. The minimum absolute atomic E-state index is 0. The van der Waals surface area contributed by atoms with E-state index in [-0.39, 0.29) is 30.8 Å². The molecule has 2 atom stereocenters. The van der Waals surface area contributed by atoms with Gasteiger partial charge in [-0.15, -0.1) is 12.4 Å². The SMILES string of the molecule is CN(CCn1ccc2ccccc21)C(=O)CN1C[C@@H]2CC[C@H](CC1=O)N2.Cl. The minimum atomic E-state index is 0. The Morgan fingerprint density at radius 2 is 2.00 bits per heavy atom. The van der Waals surface area contributed by atoms with Crippen molar-refractivity contribution in [3.8, 4) is 0 Å². The molecule has 2 aromatic rings. The van der Waals surface area contributed by atoms with Crippen LogP contribution in [0.15, 0.2) is 36.5 Å². The number of likely N-dealkylation sites (tertiary alicyclic amines) is 1. The quantitative estimate of drug-likeness (QED) is 0.848. The number of benzene rings is 1. The molecular formula is C20H27ClN4O2. The number of carbonyl (C=O) groups is 2. The summed E-state index contributed by atoms with van der Waals surface area (Å²) in [5.41, 5.74) is 1.18. The highest BCUT2D eigenvalue weighted by atomic mass is 35.5. The van der Waals surface area contributed by atoms with Gasteiger partial charge >= 0.3 is 0 Å². The maximum absolute atomic E-state index is 12.6. The molecule has 2 fully saturated rings. The number of carbonyl (C=O) groups excluding carboxylic acids is 2. The lowest BCUT2D eigenvalue weighted by Gasteiger charge is -2.26. The Bertz CT molecular complexity index is 821. The topological polar surface area (TPSA) is 57.6 Å². The van der Waals surface area contributed by atoms with Gasteiger partial charge in [0.05, 0.1) is 6.54 Å². The van der Waals surface area contributed by atoms with Gasteiger partial charge in [0.2, 0.25) is 11.8 Å². The molecule has 1 N–H and O–H groups in total. The summed E-state index contributed by atoms with van der Waals surface area (Å²) >= 11 is 0. The highest BCUT2D eigenvalue weighted by molar-refractivity contribution is 5.86.